The number of carbonyl (C=O) groups is 1. The second-order valence-corrected chi connectivity index (χ2v) is 8.59. The van der Waals surface area contributed by atoms with Crippen molar-refractivity contribution in [2.45, 2.75) is 31.2 Å². The third-order valence-corrected chi connectivity index (χ3v) is 6.19. The Morgan fingerprint density at radius 1 is 1.11 bits per heavy atom. The standard InChI is InChI=1S/C20H23N3O3S/c1-16-9-12-22-23(16)13-4-11-21-20(24)10-14-27(25,26)19-8-7-17-5-2-3-6-18(17)15-19/h2-3,5-9,12,15H,4,10-11,13-14H2,1H3,(H,21,24). The molecule has 0 atom stereocenters. The summed E-state index contributed by atoms with van der Waals surface area (Å²) in [6.07, 6.45) is 2.44. The molecule has 0 radical (unpaired) electrons. The molecule has 2 aromatic carbocycles. The second-order valence-electron chi connectivity index (χ2n) is 6.48. The van der Waals surface area contributed by atoms with E-state index < -0.39 is 9.84 Å². The van der Waals surface area contributed by atoms with E-state index in [1.165, 1.54) is 0 Å². The fourth-order valence-corrected chi connectivity index (χ4v) is 4.16. The number of nitrogens with one attached hydrogen (secondary N) is 1. The van der Waals surface area contributed by atoms with Gasteiger partial charge in [-0.05, 0) is 42.3 Å². The Hall–Kier alpha value is -2.67. The predicted octanol–water partition coefficient (Wildman–Crippen LogP) is 2.72. The molecular formula is C20H23N3O3S. The molecule has 1 N–H and O–H groups in total. The minimum atomic E-state index is -3.49. The number of sulfone groups is 1. The predicted molar refractivity (Wildman–Crippen MR) is 105 cm³/mol. The number of fused-ring (bicyclic) bond motifs is 1. The van der Waals surface area contributed by atoms with Gasteiger partial charge in [0.1, 0.15) is 0 Å². The molecule has 0 saturated heterocycles. The van der Waals surface area contributed by atoms with Gasteiger partial charge < -0.3 is 5.32 Å². The van der Waals surface area contributed by atoms with E-state index in [1.807, 2.05) is 41.9 Å². The quantitative estimate of drug-likeness (QED) is 0.605. The van der Waals surface area contributed by atoms with Crippen LogP contribution in [0.15, 0.2) is 59.6 Å². The van der Waals surface area contributed by atoms with Crippen LogP contribution >= 0.6 is 0 Å². The number of aryl methyl sites for hydroxylation is 2. The number of hydrogen-bond donors (Lipinski definition) is 1. The summed E-state index contributed by atoms with van der Waals surface area (Å²) in [6, 6.07) is 14.6. The summed E-state index contributed by atoms with van der Waals surface area (Å²) in [6.45, 7) is 3.19. The fraction of sp³-hybridized carbons (Fsp3) is 0.300. The molecule has 0 aliphatic rings. The zero-order valence-electron chi connectivity index (χ0n) is 15.3. The normalized spacial score (nSPS) is 11.6. The van der Waals surface area contributed by atoms with Crippen LogP contribution in [-0.2, 0) is 21.2 Å². The molecule has 1 heterocycles. The van der Waals surface area contributed by atoms with Crippen molar-refractivity contribution in [3.63, 3.8) is 0 Å². The highest BCUT2D eigenvalue weighted by Gasteiger charge is 2.16. The molecular weight excluding hydrogens is 362 g/mol. The van der Waals surface area contributed by atoms with E-state index in [0.29, 0.717) is 13.1 Å². The summed E-state index contributed by atoms with van der Waals surface area (Å²) in [5, 5.41) is 8.81. The van der Waals surface area contributed by atoms with Crippen LogP contribution in [0.5, 0.6) is 0 Å². The molecule has 0 saturated carbocycles. The van der Waals surface area contributed by atoms with Crippen LogP contribution in [0.2, 0.25) is 0 Å². The molecule has 0 aliphatic heterocycles. The number of carbonyl (C=O) groups excluding carboxylic acids is 1. The molecule has 0 fully saturated rings. The lowest BCUT2D eigenvalue weighted by Crippen LogP contribution is -2.27. The third kappa shape index (κ3) is 4.95. The van der Waals surface area contributed by atoms with Crippen molar-refractivity contribution in [1.82, 2.24) is 15.1 Å². The Bertz CT molecular complexity index is 1040. The maximum Gasteiger partial charge on any atom is 0.221 e. The van der Waals surface area contributed by atoms with E-state index in [9.17, 15) is 13.2 Å². The van der Waals surface area contributed by atoms with Gasteiger partial charge in [-0.3, -0.25) is 9.48 Å². The van der Waals surface area contributed by atoms with Crippen LogP contribution in [0.1, 0.15) is 18.5 Å². The highest BCUT2D eigenvalue weighted by atomic mass is 32.2. The van der Waals surface area contributed by atoms with E-state index >= 15 is 0 Å². The molecule has 142 valence electrons. The van der Waals surface area contributed by atoms with Gasteiger partial charge in [-0.15, -0.1) is 0 Å². The molecule has 0 aliphatic carbocycles. The first-order chi connectivity index (χ1) is 13.0. The molecule has 3 rings (SSSR count). The van der Waals surface area contributed by atoms with Crippen molar-refractivity contribution in [2.75, 3.05) is 12.3 Å². The molecule has 3 aromatic rings. The molecule has 27 heavy (non-hydrogen) atoms. The first-order valence-corrected chi connectivity index (χ1v) is 10.6. The number of rotatable bonds is 8. The summed E-state index contributed by atoms with van der Waals surface area (Å²) in [5.41, 5.74) is 1.07. The monoisotopic (exact) mass is 385 g/mol. The first kappa shape index (κ1) is 19.1. The minimum absolute atomic E-state index is 0.0457. The summed E-state index contributed by atoms with van der Waals surface area (Å²) in [7, 11) is -3.49. The Labute approximate surface area is 159 Å². The van der Waals surface area contributed by atoms with Crippen LogP contribution in [0.25, 0.3) is 10.8 Å². The zero-order chi connectivity index (χ0) is 19.3. The Morgan fingerprint density at radius 3 is 2.63 bits per heavy atom. The smallest absolute Gasteiger partial charge is 0.221 e. The Kier molecular flexibility index (Phi) is 5.91. The van der Waals surface area contributed by atoms with Crippen molar-refractivity contribution in [3.8, 4) is 0 Å². The maximum absolute atomic E-state index is 12.5. The first-order valence-electron chi connectivity index (χ1n) is 8.92. The van der Waals surface area contributed by atoms with Gasteiger partial charge in [0, 0.05) is 31.4 Å². The van der Waals surface area contributed by atoms with Crippen molar-refractivity contribution < 1.29 is 13.2 Å². The average Bonchev–Trinajstić information content (AvgIpc) is 3.08. The van der Waals surface area contributed by atoms with E-state index in [-0.39, 0.29) is 23.0 Å². The van der Waals surface area contributed by atoms with Gasteiger partial charge in [-0.25, -0.2) is 8.42 Å². The molecule has 7 heteroatoms. The van der Waals surface area contributed by atoms with Gasteiger partial charge in [-0.2, -0.15) is 5.10 Å². The average molecular weight is 385 g/mol. The van der Waals surface area contributed by atoms with Crippen molar-refractivity contribution in [2.24, 2.45) is 0 Å². The van der Waals surface area contributed by atoms with Crippen molar-refractivity contribution >= 4 is 26.5 Å². The van der Waals surface area contributed by atoms with Crippen molar-refractivity contribution in [3.05, 3.63) is 60.4 Å². The maximum atomic E-state index is 12.5. The van der Waals surface area contributed by atoms with Crippen LogP contribution in [0, 0.1) is 6.92 Å². The van der Waals surface area contributed by atoms with Crippen LogP contribution in [0.4, 0.5) is 0 Å². The Morgan fingerprint density at radius 2 is 1.89 bits per heavy atom. The van der Waals surface area contributed by atoms with Gasteiger partial charge >= 0.3 is 0 Å². The number of nitrogens with zero attached hydrogens (tertiary/aromatic N) is 2. The molecule has 0 unspecified atom stereocenters. The van der Waals surface area contributed by atoms with Crippen LogP contribution in [0.3, 0.4) is 0 Å². The minimum Gasteiger partial charge on any atom is -0.356 e. The molecule has 1 aromatic heterocycles. The summed E-state index contributed by atoms with van der Waals surface area (Å²) < 4.78 is 26.9. The van der Waals surface area contributed by atoms with E-state index in [4.69, 9.17) is 0 Å². The van der Waals surface area contributed by atoms with Gasteiger partial charge in [-0.1, -0.05) is 30.3 Å². The van der Waals surface area contributed by atoms with Gasteiger partial charge in [0.15, 0.2) is 9.84 Å². The Balaban J connectivity index is 1.48. The molecule has 0 bridgehead atoms. The van der Waals surface area contributed by atoms with Crippen molar-refractivity contribution in [1.29, 1.82) is 0 Å². The molecule has 1 amide bonds. The topological polar surface area (TPSA) is 81.1 Å². The lowest BCUT2D eigenvalue weighted by Gasteiger charge is -2.08. The van der Waals surface area contributed by atoms with E-state index in [1.54, 1.807) is 24.4 Å². The number of benzene rings is 2. The van der Waals surface area contributed by atoms with Crippen LogP contribution in [-0.4, -0.2) is 36.4 Å². The fourth-order valence-electron chi connectivity index (χ4n) is 2.88. The van der Waals surface area contributed by atoms with E-state index in [0.717, 1.165) is 22.9 Å². The molecule has 0 spiro atoms. The lowest BCUT2D eigenvalue weighted by molar-refractivity contribution is -0.120. The summed E-state index contributed by atoms with van der Waals surface area (Å²) >= 11 is 0. The zero-order valence-corrected chi connectivity index (χ0v) is 16.1. The summed E-state index contributed by atoms with van der Waals surface area (Å²) in [4.78, 5) is 12.2. The highest BCUT2D eigenvalue weighted by molar-refractivity contribution is 7.91. The number of hydrogen-bond acceptors (Lipinski definition) is 4. The van der Waals surface area contributed by atoms with Gasteiger partial charge in [0.05, 0.1) is 10.6 Å². The highest BCUT2D eigenvalue weighted by Crippen LogP contribution is 2.20. The van der Waals surface area contributed by atoms with Gasteiger partial charge in [0.2, 0.25) is 5.91 Å². The van der Waals surface area contributed by atoms with Crippen LogP contribution < -0.4 is 5.32 Å². The lowest BCUT2D eigenvalue weighted by atomic mass is 10.1. The molecule has 6 nitrogen and oxygen atoms in total. The number of amides is 1. The number of aromatic nitrogens is 2. The van der Waals surface area contributed by atoms with E-state index in [2.05, 4.69) is 10.4 Å². The second kappa shape index (κ2) is 8.35. The van der Waals surface area contributed by atoms with Gasteiger partial charge in [0.25, 0.3) is 0 Å². The largest absolute Gasteiger partial charge is 0.356 e. The SMILES string of the molecule is Cc1ccnn1CCCNC(=O)CCS(=O)(=O)c1ccc2ccccc2c1. The summed E-state index contributed by atoms with van der Waals surface area (Å²) in [5.74, 6) is -0.452. The third-order valence-electron chi connectivity index (χ3n) is 4.48.